The zero-order valence-corrected chi connectivity index (χ0v) is 26.2. The molecule has 3 rings (SSSR count). The average Bonchev–Trinajstić information content (AvgIpc) is 3.01. The smallest absolute Gasteiger partial charge is 0.414 e. The molecule has 240 valence electrons. The number of aliphatic carboxylic acids is 1. The monoisotopic (exact) mass is 611 g/mol. The second-order valence-electron chi connectivity index (χ2n) is 11.8. The number of pyridine rings is 1. The van der Waals surface area contributed by atoms with Crippen molar-refractivity contribution < 1.29 is 27.8 Å². The van der Waals surface area contributed by atoms with Gasteiger partial charge in [0.05, 0.1) is 0 Å². The maximum atomic E-state index is 12.9. The van der Waals surface area contributed by atoms with Crippen LogP contribution in [0, 0.1) is 0 Å². The molecule has 0 saturated carbocycles. The molecular weight excluding hydrogens is 563 g/mol. The van der Waals surface area contributed by atoms with Crippen LogP contribution in [0.2, 0.25) is 0 Å². The first-order valence-electron chi connectivity index (χ1n) is 16.2. The first-order valence-corrected chi connectivity index (χ1v) is 16.2. The molecule has 0 amide bonds. The summed E-state index contributed by atoms with van der Waals surface area (Å²) in [5, 5.41) is 9.20. The van der Waals surface area contributed by atoms with Crippen molar-refractivity contribution in [2.45, 2.75) is 116 Å². The third-order valence-electron chi connectivity index (χ3n) is 8.24. The number of carboxylic acids is 1. The van der Waals surface area contributed by atoms with Crippen LogP contribution in [-0.4, -0.2) is 34.9 Å². The molecule has 2 aromatic carbocycles. The van der Waals surface area contributed by atoms with Gasteiger partial charge in [-0.3, -0.25) is 9.78 Å². The summed E-state index contributed by atoms with van der Waals surface area (Å²) in [5.74, 6) is -0.860. The highest BCUT2D eigenvalue weighted by atomic mass is 19.4. The Morgan fingerprint density at radius 1 is 0.841 bits per heavy atom. The fourth-order valence-electron chi connectivity index (χ4n) is 5.58. The van der Waals surface area contributed by atoms with Crippen molar-refractivity contribution in [1.29, 1.82) is 0 Å². The Labute approximate surface area is 261 Å². The van der Waals surface area contributed by atoms with E-state index in [1.54, 1.807) is 0 Å². The lowest BCUT2D eigenvalue weighted by molar-refractivity contribution is -0.214. The van der Waals surface area contributed by atoms with Gasteiger partial charge in [0.25, 0.3) is 0 Å². The van der Waals surface area contributed by atoms with Gasteiger partial charge >= 0.3 is 12.1 Å². The minimum Gasteiger partial charge on any atom is -0.481 e. The summed E-state index contributed by atoms with van der Waals surface area (Å²) < 4.78 is 43.7. The topological polar surface area (TPSA) is 59.4 Å². The number of hydrogen-bond donors (Lipinski definition) is 1. The largest absolute Gasteiger partial charge is 0.481 e. The number of nitrogens with zero attached hydrogens (tertiary/aromatic N) is 1. The van der Waals surface area contributed by atoms with Gasteiger partial charge in [0.2, 0.25) is 0 Å². The number of carbonyl (C=O) groups is 1. The summed E-state index contributed by atoms with van der Waals surface area (Å²) in [6, 6.07) is 20.7. The van der Waals surface area contributed by atoms with E-state index in [1.165, 1.54) is 38.5 Å². The van der Waals surface area contributed by atoms with Crippen LogP contribution in [0.5, 0.6) is 0 Å². The Bertz CT molecular complexity index is 1250. The van der Waals surface area contributed by atoms with E-state index in [2.05, 4.69) is 49.4 Å². The molecule has 1 heterocycles. The Morgan fingerprint density at radius 2 is 1.55 bits per heavy atom. The van der Waals surface area contributed by atoms with Crippen LogP contribution in [0.25, 0.3) is 22.3 Å². The van der Waals surface area contributed by atoms with E-state index in [4.69, 9.17) is 9.72 Å². The van der Waals surface area contributed by atoms with E-state index in [0.29, 0.717) is 25.7 Å². The Hall–Kier alpha value is -3.19. The van der Waals surface area contributed by atoms with E-state index in [0.717, 1.165) is 53.3 Å². The number of aromatic nitrogens is 1. The third kappa shape index (κ3) is 12.1. The van der Waals surface area contributed by atoms with Gasteiger partial charge in [0.1, 0.15) is 0 Å². The molecule has 0 fully saturated rings. The number of unbranched alkanes of at least 4 members (excludes halogenated alkanes) is 6. The van der Waals surface area contributed by atoms with Crippen molar-refractivity contribution in [3.05, 3.63) is 78.1 Å². The molecule has 7 heteroatoms. The van der Waals surface area contributed by atoms with Crippen LogP contribution in [0.4, 0.5) is 13.2 Å². The average molecular weight is 612 g/mol. The van der Waals surface area contributed by atoms with Crippen molar-refractivity contribution in [3.8, 4) is 22.3 Å². The highest BCUT2D eigenvalue weighted by molar-refractivity contribution is 5.83. The van der Waals surface area contributed by atoms with Crippen LogP contribution in [0.15, 0.2) is 66.9 Å². The number of halogens is 3. The van der Waals surface area contributed by atoms with Crippen molar-refractivity contribution >= 4 is 5.97 Å². The molecule has 1 aromatic heterocycles. The Balaban J connectivity index is 1.79. The van der Waals surface area contributed by atoms with Crippen LogP contribution >= 0.6 is 0 Å². The van der Waals surface area contributed by atoms with Crippen molar-refractivity contribution in [2.75, 3.05) is 6.61 Å². The predicted octanol–water partition coefficient (Wildman–Crippen LogP) is 10.8. The van der Waals surface area contributed by atoms with E-state index in [-0.39, 0.29) is 18.9 Å². The van der Waals surface area contributed by atoms with E-state index in [9.17, 15) is 23.1 Å². The van der Waals surface area contributed by atoms with Crippen molar-refractivity contribution in [2.24, 2.45) is 0 Å². The normalized spacial score (nSPS) is 13.1. The van der Waals surface area contributed by atoms with Crippen molar-refractivity contribution in [1.82, 2.24) is 4.98 Å². The first kappa shape index (κ1) is 35.3. The molecule has 0 radical (unpaired) electrons. The molecule has 2 unspecified atom stereocenters. The number of benzene rings is 2. The lowest BCUT2D eigenvalue weighted by Gasteiger charge is -2.21. The second-order valence-corrected chi connectivity index (χ2v) is 11.8. The zero-order valence-electron chi connectivity index (χ0n) is 26.2. The van der Waals surface area contributed by atoms with Gasteiger partial charge in [-0.1, -0.05) is 100 Å². The van der Waals surface area contributed by atoms with Gasteiger partial charge in [-0.2, -0.15) is 13.2 Å². The molecular formula is C37H48F3NO3. The van der Waals surface area contributed by atoms with E-state index >= 15 is 0 Å². The summed E-state index contributed by atoms with van der Waals surface area (Å²) in [6.45, 7) is 3.25. The Kier molecular flexibility index (Phi) is 14.9. The Morgan fingerprint density at radius 3 is 2.20 bits per heavy atom. The van der Waals surface area contributed by atoms with Gasteiger partial charge in [-0.25, -0.2) is 0 Å². The number of aryl methyl sites for hydroxylation is 1. The van der Waals surface area contributed by atoms with Crippen molar-refractivity contribution in [3.63, 3.8) is 0 Å². The van der Waals surface area contributed by atoms with Gasteiger partial charge in [-0.15, -0.1) is 0 Å². The minimum absolute atomic E-state index is 0.00478. The molecule has 4 nitrogen and oxygen atoms in total. The molecule has 0 aliphatic heterocycles. The number of rotatable bonds is 20. The molecule has 0 saturated heterocycles. The van der Waals surface area contributed by atoms with Crippen LogP contribution < -0.4 is 0 Å². The van der Waals surface area contributed by atoms with Gasteiger partial charge in [0, 0.05) is 30.5 Å². The summed E-state index contributed by atoms with van der Waals surface area (Å²) >= 11 is 0. The van der Waals surface area contributed by atoms with Gasteiger partial charge in [0.15, 0.2) is 6.10 Å². The second kappa shape index (κ2) is 18.6. The standard InChI is InChI=1S/C37H48F3NO3/c1-3-4-5-6-7-8-12-19-33-23-21-32(27-41-33)35-26-31(22-24-34(35)30-15-10-9-11-16-30)29(17-13-20-36(42)43)18-14-25-44-28(2)37(38,39)40/h9-11,15-16,21-24,26-29H,3-8,12-14,17-20,25H2,1-2H3,(H,42,43). The lowest BCUT2D eigenvalue weighted by Crippen LogP contribution is -2.28. The van der Waals surface area contributed by atoms with Crippen LogP contribution in [0.1, 0.15) is 108 Å². The minimum atomic E-state index is -4.39. The quantitative estimate of drug-likeness (QED) is 0.129. The van der Waals surface area contributed by atoms with E-state index < -0.39 is 18.2 Å². The molecule has 0 aliphatic rings. The number of carboxylic acid groups (broad SMARTS) is 1. The summed E-state index contributed by atoms with van der Waals surface area (Å²) in [5.41, 5.74) is 6.32. The van der Waals surface area contributed by atoms with Gasteiger partial charge in [-0.05, 0) is 79.7 Å². The fourth-order valence-corrected chi connectivity index (χ4v) is 5.58. The van der Waals surface area contributed by atoms with Gasteiger partial charge < -0.3 is 9.84 Å². The molecule has 1 N–H and O–H groups in total. The maximum Gasteiger partial charge on any atom is 0.414 e. The number of alkyl halides is 3. The zero-order chi connectivity index (χ0) is 31.8. The molecule has 44 heavy (non-hydrogen) atoms. The molecule has 0 spiro atoms. The molecule has 2 atom stereocenters. The number of hydrogen-bond acceptors (Lipinski definition) is 3. The highest BCUT2D eigenvalue weighted by Gasteiger charge is 2.36. The fraction of sp³-hybridized carbons (Fsp3) is 0.514. The van der Waals surface area contributed by atoms with Crippen LogP contribution in [-0.2, 0) is 16.0 Å². The predicted molar refractivity (Wildman–Crippen MR) is 172 cm³/mol. The highest BCUT2D eigenvalue weighted by Crippen LogP contribution is 2.37. The van der Waals surface area contributed by atoms with Crippen LogP contribution in [0.3, 0.4) is 0 Å². The molecule has 0 bridgehead atoms. The maximum absolute atomic E-state index is 12.9. The summed E-state index contributed by atoms with van der Waals surface area (Å²) in [6.07, 6.45) is 7.73. The van der Waals surface area contributed by atoms with E-state index in [1.807, 2.05) is 24.4 Å². The first-order chi connectivity index (χ1) is 21.2. The summed E-state index contributed by atoms with van der Waals surface area (Å²) in [4.78, 5) is 16.0. The number of ether oxygens (including phenoxy) is 1. The molecule has 3 aromatic rings. The third-order valence-corrected chi connectivity index (χ3v) is 8.24. The summed E-state index contributed by atoms with van der Waals surface area (Å²) in [7, 11) is 0. The molecule has 0 aliphatic carbocycles. The lowest BCUT2D eigenvalue weighted by atomic mass is 9.85. The SMILES string of the molecule is CCCCCCCCCc1ccc(-c2cc(C(CCCOC(C)C(F)(F)F)CCCC(=O)O)ccc2-c2ccccc2)cn1.